The van der Waals surface area contributed by atoms with Gasteiger partial charge in [0.25, 0.3) is 5.89 Å². The first kappa shape index (κ1) is 26.3. The summed E-state index contributed by atoms with van der Waals surface area (Å²) in [6.45, 7) is 1.19. The second kappa shape index (κ2) is 11.5. The smallest absolute Gasteiger partial charge is 0.270 e. The average Bonchev–Trinajstić information content (AvgIpc) is 3.40. The van der Waals surface area contributed by atoms with Crippen LogP contribution in [0.4, 0.5) is 14.6 Å². The number of nitrogens with zero attached hydrogens (tertiary/aromatic N) is 4. The van der Waals surface area contributed by atoms with Crippen molar-refractivity contribution < 1.29 is 21.6 Å². The standard InChI is InChI=1S/C25H26F2N6O3S/c1-16(10-11-26)37(34,35)20-8-6-18(7-9-20)21-15-30-23(28)22(31-21)25-33-32-24(36-25)19-4-2-17(3-5-19)14-29-13-12-27/h2-9,15-16,29H,10-14H2,1H3,(H2,28,30). The van der Waals surface area contributed by atoms with Crippen LogP contribution in [0.5, 0.6) is 0 Å². The molecule has 9 nitrogen and oxygen atoms in total. The van der Waals surface area contributed by atoms with E-state index in [0.717, 1.165) is 5.56 Å². The van der Waals surface area contributed by atoms with Gasteiger partial charge in [-0.1, -0.05) is 24.3 Å². The van der Waals surface area contributed by atoms with Gasteiger partial charge in [0.15, 0.2) is 21.3 Å². The van der Waals surface area contributed by atoms with E-state index in [4.69, 9.17) is 10.2 Å². The van der Waals surface area contributed by atoms with Gasteiger partial charge < -0.3 is 15.5 Å². The summed E-state index contributed by atoms with van der Waals surface area (Å²) >= 11 is 0. The van der Waals surface area contributed by atoms with Crippen molar-refractivity contribution in [3.8, 4) is 34.3 Å². The second-order valence-corrected chi connectivity index (χ2v) is 10.7. The minimum Gasteiger partial charge on any atom is -0.414 e. The lowest BCUT2D eigenvalue weighted by Crippen LogP contribution is -2.18. The highest BCUT2D eigenvalue weighted by Crippen LogP contribution is 2.29. The maximum Gasteiger partial charge on any atom is 0.270 e. The molecule has 3 N–H and O–H groups in total. The Balaban J connectivity index is 1.55. The number of aromatic nitrogens is 4. The summed E-state index contributed by atoms with van der Waals surface area (Å²) in [7, 11) is -3.64. The molecule has 0 aliphatic carbocycles. The highest BCUT2D eigenvalue weighted by molar-refractivity contribution is 7.92. The Labute approximate surface area is 213 Å². The summed E-state index contributed by atoms with van der Waals surface area (Å²) in [5.41, 5.74) is 8.91. The molecule has 12 heteroatoms. The number of nitrogen functional groups attached to an aromatic ring is 1. The highest BCUT2D eigenvalue weighted by Gasteiger charge is 2.23. The van der Waals surface area contributed by atoms with Crippen LogP contribution in [0.15, 0.2) is 64.0 Å². The molecule has 0 aliphatic rings. The van der Waals surface area contributed by atoms with Crippen LogP contribution in [0, 0.1) is 0 Å². The summed E-state index contributed by atoms with van der Waals surface area (Å²) in [5.74, 6) is 0.434. The van der Waals surface area contributed by atoms with Crippen LogP contribution < -0.4 is 11.1 Å². The Morgan fingerprint density at radius 3 is 2.32 bits per heavy atom. The first-order valence-electron chi connectivity index (χ1n) is 11.6. The molecule has 0 amide bonds. The van der Waals surface area contributed by atoms with E-state index in [1.165, 1.54) is 25.3 Å². The maximum atomic E-state index is 12.6. The van der Waals surface area contributed by atoms with Crippen molar-refractivity contribution in [1.29, 1.82) is 0 Å². The van der Waals surface area contributed by atoms with Crippen molar-refractivity contribution in [3.05, 3.63) is 60.3 Å². The predicted octanol–water partition coefficient (Wildman–Crippen LogP) is 4.02. The van der Waals surface area contributed by atoms with Crippen molar-refractivity contribution in [2.75, 3.05) is 25.6 Å². The Morgan fingerprint density at radius 2 is 1.65 bits per heavy atom. The zero-order valence-electron chi connectivity index (χ0n) is 20.1. The Morgan fingerprint density at radius 1 is 0.973 bits per heavy atom. The number of sulfone groups is 1. The molecule has 1 atom stereocenters. The van der Waals surface area contributed by atoms with E-state index in [2.05, 4.69) is 25.5 Å². The fourth-order valence-corrected chi connectivity index (χ4v) is 4.93. The van der Waals surface area contributed by atoms with Crippen molar-refractivity contribution in [3.63, 3.8) is 0 Å². The molecule has 1 unspecified atom stereocenters. The molecule has 0 bridgehead atoms. The summed E-state index contributed by atoms with van der Waals surface area (Å²) in [4.78, 5) is 8.79. The van der Waals surface area contributed by atoms with Gasteiger partial charge in [-0.05, 0) is 43.2 Å². The highest BCUT2D eigenvalue weighted by atomic mass is 32.2. The van der Waals surface area contributed by atoms with Gasteiger partial charge in [0.2, 0.25) is 5.89 Å². The van der Waals surface area contributed by atoms with Gasteiger partial charge in [-0.3, -0.25) is 4.39 Å². The van der Waals surface area contributed by atoms with Gasteiger partial charge in [-0.25, -0.2) is 22.8 Å². The van der Waals surface area contributed by atoms with Gasteiger partial charge in [-0.2, -0.15) is 0 Å². The minimum absolute atomic E-state index is 0.0646. The molecule has 37 heavy (non-hydrogen) atoms. The number of nitrogens with one attached hydrogen (secondary N) is 1. The van der Waals surface area contributed by atoms with E-state index in [0.29, 0.717) is 29.9 Å². The number of benzene rings is 2. The van der Waals surface area contributed by atoms with Crippen LogP contribution in [-0.4, -0.2) is 53.7 Å². The van der Waals surface area contributed by atoms with Crippen LogP contribution in [-0.2, 0) is 16.4 Å². The molecule has 4 rings (SSSR count). The largest absolute Gasteiger partial charge is 0.414 e. The Bertz CT molecular complexity index is 1440. The molecule has 0 spiro atoms. The molecule has 0 radical (unpaired) electrons. The monoisotopic (exact) mass is 528 g/mol. The third-order valence-corrected chi connectivity index (χ3v) is 7.98. The number of halogens is 2. The number of hydrogen-bond acceptors (Lipinski definition) is 9. The maximum absolute atomic E-state index is 12.6. The minimum atomic E-state index is -3.64. The van der Waals surface area contributed by atoms with Gasteiger partial charge >= 0.3 is 0 Å². The van der Waals surface area contributed by atoms with Crippen LogP contribution in [0.3, 0.4) is 0 Å². The van der Waals surface area contributed by atoms with Crippen molar-refractivity contribution >= 4 is 15.7 Å². The SMILES string of the molecule is CC(CCF)S(=O)(=O)c1ccc(-c2cnc(N)c(-c3nnc(-c4ccc(CNCCF)cc4)o3)n2)cc1. The molecule has 0 saturated carbocycles. The Kier molecular flexibility index (Phi) is 8.19. The molecule has 2 heterocycles. The topological polar surface area (TPSA) is 137 Å². The van der Waals surface area contributed by atoms with Crippen LogP contribution in [0.25, 0.3) is 34.3 Å². The van der Waals surface area contributed by atoms with E-state index < -0.39 is 28.4 Å². The third kappa shape index (κ3) is 5.97. The van der Waals surface area contributed by atoms with E-state index in [9.17, 15) is 17.2 Å². The van der Waals surface area contributed by atoms with Crippen LogP contribution in [0.1, 0.15) is 18.9 Å². The average molecular weight is 529 g/mol. The molecule has 4 aromatic rings. The molecule has 2 aromatic carbocycles. The van der Waals surface area contributed by atoms with Crippen molar-refractivity contribution in [2.45, 2.75) is 30.0 Å². The van der Waals surface area contributed by atoms with E-state index in [1.807, 2.05) is 24.3 Å². The van der Waals surface area contributed by atoms with E-state index in [-0.39, 0.29) is 34.6 Å². The van der Waals surface area contributed by atoms with Gasteiger partial charge in [0.05, 0.1) is 28.7 Å². The summed E-state index contributed by atoms with van der Waals surface area (Å²) < 4.78 is 55.9. The van der Waals surface area contributed by atoms with Gasteiger partial charge in [0, 0.05) is 24.2 Å². The van der Waals surface area contributed by atoms with Crippen molar-refractivity contribution in [1.82, 2.24) is 25.5 Å². The first-order valence-corrected chi connectivity index (χ1v) is 13.1. The van der Waals surface area contributed by atoms with Gasteiger partial charge in [0.1, 0.15) is 6.67 Å². The van der Waals surface area contributed by atoms with E-state index in [1.54, 1.807) is 12.1 Å². The second-order valence-electron chi connectivity index (χ2n) is 8.32. The fourth-order valence-electron chi connectivity index (χ4n) is 3.55. The van der Waals surface area contributed by atoms with Crippen LogP contribution >= 0.6 is 0 Å². The summed E-state index contributed by atoms with van der Waals surface area (Å²) in [5, 5.41) is 10.3. The zero-order valence-corrected chi connectivity index (χ0v) is 20.9. The molecular weight excluding hydrogens is 502 g/mol. The summed E-state index contributed by atoms with van der Waals surface area (Å²) in [6.07, 6.45) is 1.39. The lowest BCUT2D eigenvalue weighted by Gasteiger charge is -2.11. The third-order valence-electron chi connectivity index (χ3n) is 5.75. The molecule has 2 aromatic heterocycles. The number of alkyl halides is 2. The molecular formula is C25H26F2N6O3S. The quantitative estimate of drug-likeness (QED) is 0.277. The van der Waals surface area contributed by atoms with E-state index >= 15 is 0 Å². The normalized spacial score (nSPS) is 12.5. The molecule has 0 fully saturated rings. The zero-order chi connectivity index (χ0) is 26.4. The molecule has 0 aliphatic heterocycles. The lowest BCUT2D eigenvalue weighted by atomic mass is 10.1. The number of rotatable bonds is 11. The first-order chi connectivity index (χ1) is 17.8. The predicted molar refractivity (Wildman–Crippen MR) is 136 cm³/mol. The van der Waals surface area contributed by atoms with Crippen molar-refractivity contribution in [2.24, 2.45) is 0 Å². The Hall–Kier alpha value is -3.77. The number of nitrogens with two attached hydrogens (primary N) is 1. The fraction of sp³-hybridized carbons (Fsp3) is 0.280. The summed E-state index contributed by atoms with van der Waals surface area (Å²) in [6, 6.07) is 13.5. The molecule has 0 saturated heterocycles. The molecule has 194 valence electrons. The number of anilines is 1. The van der Waals surface area contributed by atoms with Crippen LogP contribution in [0.2, 0.25) is 0 Å². The lowest BCUT2D eigenvalue weighted by molar-refractivity contribution is 0.464. The van der Waals surface area contributed by atoms with Gasteiger partial charge in [-0.15, -0.1) is 10.2 Å². The number of hydrogen-bond donors (Lipinski definition) is 2.